The second-order valence-corrected chi connectivity index (χ2v) is 8.74. The molecule has 1 amide bonds. The van der Waals surface area contributed by atoms with Crippen LogP contribution in [0.1, 0.15) is 18.5 Å². The molecule has 0 spiro atoms. The van der Waals surface area contributed by atoms with Gasteiger partial charge in [-0.05, 0) is 50.1 Å². The zero-order valence-electron chi connectivity index (χ0n) is 17.8. The summed E-state index contributed by atoms with van der Waals surface area (Å²) in [6.45, 7) is 6.61. The fourth-order valence-electron chi connectivity index (χ4n) is 4.65. The van der Waals surface area contributed by atoms with Crippen molar-refractivity contribution in [2.24, 2.45) is 5.92 Å². The van der Waals surface area contributed by atoms with Gasteiger partial charge >= 0.3 is 0 Å². The maximum atomic E-state index is 12.8. The molecule has 0 bridgehead atoms. The lowest BCUT2D eigenvalue weighted by Gasteiger charge is -2.38. The molecule has 2 fully saturated rings. The SMILES string of the molecule is Cc1c(-c2cc(N3CCN(C(=O)C4CCOCC4)CC3)ccc2Cl)nc2ccccn12. The normalized spacial score (nSPS) is 18.0. The van der Waals surface area contributed by atoms with E-state index in [-0.39, 0.29) is 5.92 Å². The van der Waals surface area contributed by atoms with Crippen molar-refractivity contribution in [3.63, 3.8) is 0 Å². The molecule has 162 valence electrons. The van der Waals surface area contributed by atoms with Gasteiger partial charge in [0.05, 0.1) is 10.7 Å². The van der Waals surface area contributed by atoms with E-state index in [0.717, 1.165) is 67.3 Å². The lowest BCUT2D eigenvalue weighted by molar-refractivity contribution is -0.138. The van der Waals surface area contributed by atoms with Gasteiger partial charge in [-0.25, -0.2) is 4.98 Å². The average molecular weight is 439 g/mol. The summed E-state index contributed by atoms with van der Waals surface area (Å²) in [5.74, 6) is 0.417. The van der Waals surface area contributed by atoms with Gasteiger partial charge in [0.15, 0.2) is 0 Å². The minimum atomic E-state index is 0.125. The molecule has 2 aliphatic heterocycles. The highest BCUT2D eigenvalue weighted by atomic mass is 35.5. The van der Waals surface area contributed by atoms with E-state index in [2.05, 4.69) is 28.4 Å². The van der Waals surface area contributed by atoms with E-state index in [1.807, 2.05) is 35.4 Å². The van der Waals surface area contributed by atoms with E-state index in [1.165, 1.54) is 0 Å². The number of rotatable bonds is 3. The summed E-state index contributed by atoms with van der Waals surface area (Å²) in [4.78, 5) is 22.0. The molecule has 0 atom stereocenters. The van der Waals surface area contributed by atoms with Gasteiger partial charge in [-0.1, -0.05) is 17.7 Å². The molecule has 2 aromatic heterocycles. The first-order chi connectivity index (χ1) is 15.1. The Bertz CT molecular complexity index is 1100. The Balaban J connectivity index is 1.34. The number of ether oxygens (including phenoxy) is 1. The van der Waals surface area contributed by atoms with Crippen molar-refractivity contribution in [3.8, 4) is 11.3 Å². The third kappa shape index (κ3) is 3.90. The number of amides is 1. The van der Waals surface area contributed by atoms with Crippen LogP contribution in [0.5, 0.6) is 0 Å². The number of benzene rings is 1. The van der Waals surface area contributed by atoms with Gasteiger partial charge in [-0.3, -0.25) is 4.79 Å². The van der Waals surface area contributed by atoms with Crippen molar-refractivity contribution in [2.75, 3.05) is 44.3 Å². The molecular weight excluding hydrogens is 412 g/mol. The highest BCUT2D eigenvalue weighted by Crippen LogP contribution is 2.34. The Morgan fingerprint density at radius 2 is 1.87 bits per heavy atom. The van der Waals surface area contributed by atoms with Crippen LogP contribution < -0.4 is 4.90 Å². The molecule has 5 rings (SSSR count). The molecule has 2 saturated heterocycles. The molecule has 2 aliphatic rings. The number of fused-ring (bicyclic) bond motifs is 1. The number of halogens is 1. The first kappa shape index (κ1) is 20.3. The number of imidazole rings is 1. The smallest absolute Gasteiger partial charge is 0.225 e. The van der Waals surface area contributed by atoms with E-state index in [0.29, 0.717) is 24.1 Å². The fraction of sp³-hybridized carbons (Fsp3) is 0.417. The van der Waals surface area contributed by atoms with Crippen LogP contribution in [0, 0.1) is 12.8 Å². The Hall–Kier alpha value is -2.57. The highest BCUT2D eigenvalue weighted by Gasteiger charge is 2.29. The minimum absolute atomic E-state index is 0.125. The summed E-state index contributed by atoms with van der Waals surface area (Å²) in [7, 11) is 0. The summed E-state index contributed by atoms with van der Waals surface area (Å²) in [5.41, 5.74) is 4.96. The molecule has 3 aromatic rings. The number of piperazine rings is 1. The van der Waals surface area contributed by atoms with E-state index in [4.69, 9.17) is 21.3 Å². The Kier molecular flexibility index (Phi) is 5.59. The van der Waals surface area contributed by atoms with E-state index >= 15 is 0 Å². The van der Waals surface area contributed by atoms with E-state index in [1.54, 1.807) is 0 Å². The van der Waals surface area contributed by atoms with Crippen LogP contribution in [0.3, 0.4) is 0 Å². The van der Waals surface area contributed by atoms with Crippen LogP contribution >= 0.6 is 11.6 Å². The predicted octanol–water partition coefficient (Wildman–Crippen LogP) is 4.04. The first-order valence-corrected chi connectivity index (χ1v) is 11.3. The second-order valence-electron chi connectivity index (χ2n) is 8.34. The largest absolute Gasteiger partial charge is 0.381 e. The van der Waals surface area contributed by atoms with Gasteiger partial charge in [0.25, 0.3) is 0 Å². The van der Waals surface area contributed by atoms with Crippen LogP contribution in [0.15, 0.2) is 42.6 Å². The van der Waals surface area contributed by atoms with Gasteiger partial charge in [-0.2, -0.15) is 0 Å². The molecule has 31 heavy (non-hydrogen) atoms. The van der Waals surface area contributed by atoms with Crippen LogP contribution in [-0.2, 0) is 9.53 Å². The van der Waals surface area contributed by atoms with Crippen molar-refractivity contribution in [1.29, 1.82) is 0 Å². The van der Waals surface area contributed by atoms with Crippen molar-refractivity contribution in [3.05, 3.63) is 53.3 Å². The monoisotopic (exact) mass is 438 g/mol. The van der Waals surface area contributed by atoms with Crippen molar-refractivity contribution in [2.45, 2.75) is 19.8 Å². The van der Waals surface area contributed by atoms with Gasteiger partial charge in [0.2, 0.25) is 5.91 Å². The van der Waals surface area contributed by atoms with Crippen molar-refractivity contribution >= 4 is 28.8 Å². The average Bonchev–Trinajstić information content (AvgIpc) is 3.16. The number of aryl methyl sites for hydroxylation is 1. The molecule has 0 N–H and O–H groups in total. The molecular formula is C24H27ClN4O2. The summed E-state index contributed by atoms with van der Waals surface area (Å²) in [5, 5.41) is 0.698. The number of nitrogens with zero attached hydrogens (tertiary/aromatic N) is 4. The number of hydrogen-bond acceptors (Lipinski definition) is 4. The molecule has 1 aromatic carbocycles. The second kappa shape index (κ2) is 8.52. The number of aromatic nitrogens is 2. The maximum absolute atomic E-state index is 12.8. The van der Waals surface area contributed by atoms with Crippen molar-refractivity contribution in [1.82, 2.24) is 14.3 Å². The van der Waals surface area contributed by atoms with Crippen LogP contribution in [0.25, 0.3) is 16.9 Å². The topological polar surface area (TPSA) is 50.1 Å². The summed E-state index contributed by atoms with van der Waals surface area (Å²) < 4.78 is 7.48. The number of carbonyl (C=O) groups is 1. The molecule has 0 aliphatic carbocycles. The molecule has 7 heteroatoms. The predicted molar refractivity (Wildman–Crippen MR) is 123 cm³/mol. The van der Waals surface area contributed by atoms with Crippen LogP contribution in [0.4, 0.5) is 5.69 Å². The van der Waals surface area contributed by atoms with Crippen LogP contribution in [-0.4, -0.2) is 59.6 Å². The van der Waals surface area contributed by atoms with Gasteiger partial charge in [-0.15, -0.1) is 0 Å². The zero-order chi connectivity index (χ0) is 21.4. The molecule has 4 heterocycles. The molecule has 0 unspecified atom stereocenters. The lowest BCUT2D eigenvalue weighted by Crippen LogP contribution is -2.51. The van der Waals surface area contributed by atoms with E-state index < -0.39 is 0 Å². The Morgan fingerprint density at radius 3 is 2.61 bits per heavy atom. The standard InChI is InChI=1S/C24H27ClN4O2/c1-17-23(26-22-4-2-3-9-29(17)22)20-16-19(5-6-21(20)25)27-10-12-28(13-11-27)24(30)18-7-14-31-15-8-18/h2-6,9,16,18H,7-8,10-15H2,1H3. The van der Waals surface area contributed by atoms with Gasteiger partial charge in [0, 0.05) is 68.5 Å². The minimum Gasteiger partial charge on any atom is -0.381 e. The fourth-order valence-corrected chi connectivity index (χ4v) is 4.86. The molecule has 0 saturated carbocycles. The van der Waals surface area contributed by atoms with E-state index in [9.17, 15) is 4.79 Å². The third-order valence-corrected chi connectivity index (χ3v) is 6.83. The lowest BCUT2D eigenvalue weighted by atomic mass is 9.98. The van der Waals surface area contributed by atoms with Gasteiger partial charge < -0.3 is 18.9 Å². The highest BCUT2D eigenvalue weighted by molar-refractivity contribution is 6.33. The number of carbonyl (C=O) groups excluding carboxylic acids is 1. The number of pyridine rings is 1. The van der Waals surface area contributed by atoms with Gasteiger partial charge in [0.1, 0.15) is 5.65 Å². The number of anilines is 1. The number of hydrogen-bond donors (Lipinski definition) is 0. The summed E-state index contributed by atoms with van der Waals surface area (Å²) in [6.07, 6.45) is 3.71. The zero-order valence-corrected chi connectivity index (χ0v) is 18.5. The Morgan fingerprint density at radius 1 is 1.10 bits per heavy atom. The maximum Gasteiger partial charge on any atom is 0.225 e. The Labute approximate surface area is 187 Å². The molecule has 0 radical (unpaired) electrons. The quantitative estimate of drug-likeness (QED) is 0.619. The van der Waals surface area contributed by atoms with Crippen molar-refractivity contribution < 1.29 is 9.53 Å². The molecule has 6 nitrogen and oxygen atoms in total. The summed E-state index contributed by atoms with van der Waals surface area (Å²) in [6, 6.07) is 12.1. The first-order valence-electron chi connectivity index (χ1n) is 11.0. The summed E-state index contributed by atoms with van der Waals surface area (Å²) >= 11 is 6.59. The van der Waals surface area contributed by atoms with Crippen LogP contribution in [0.2, 0.25) is 5.02 Å². The third-order valence-electron chi connectivity index (χ3n) is 6.50.